The minimum atomic E-state index is -0.482. The van der Waals surface area contributed by atoms with Crippen LogP contribution in [0.25, 0.3) is 0 Å². The monoisotopic (exact) mass is 372 g/mol. The van der Waals surface area contributed by atoms with Crippen LogP contribution in [0.3, 0.4) is 0 Å². The molecule has 1 fully saturated rings. The zero-order valence-electron chi connectivity index (χ0n) is 17.0. The molecule has 8 nitrogen and oxygen atoms in total. The van der Waals surface area contributed by atoms with Gasteiger partial charge in [0.2, 0.25) is 0 Å². The summed E-state index contributed by atoms with van der Waals surface area (Å²) in [6.45, 7) is 12.7. The summed E-state index contributed by atoms with van der Waals surface area (Å²) in [4.78, 5) is 18.8. The zero-order valence-corrected chi connectivity index (χ0v) is 17.0. The molecule has 0 spiro atoms. The van der Waals surface area contributed by atoms with Gasteiger partial charge in [-0.25, -0.2) is 4.79 Å². The van der Waals surface area contributed by atoms with Crippen LogP contribution in [-0.2, 0) is 14.2 Å². The summed E-state index contributed by atoms with van der Waals surface area (Å²) in [6.07, 6.45) is 1.38. The molecule has 8 heteroatoms. The minimum Gasteiger partial charge on any atom is -0.444 e. The molecule has 0 saturated carbocycles. The first-order chi connectivity index (χ1) is 12.4. The maximum Gasteiger partial charge on any atom is 0.407 e. The third-order valence-corrected chi connectivity index (χ3v) is 3.68. The van der Waals surface area contributed by atoms with E-state index in [1.54, 1.807) is 7.11 Å². The Labute approximate surface area is 157 Å². The fourth-order valence-electron chi connectivity index (χ4n) is 2.57. The highest BCUT2D eigenvalue weighted by Crippen LogP contribution is 2.12. The Bertz CT molecular complexity index is 437. The number of ether oxygens (including phenoxy) is 3. The van der Waals surface area contributed by atoms with Crippen LogP contribution in [0, 0.1) is 0 Å². The van der Waals surface area contributed by atoms with Crippen molar-refractivity contribution >= 4 is 12.1 Å². The molecule has 0 aromatic heterocycles. The quantitative estimate of drug-likeness (QED) is 0.363. The van der Waals surface area contributed by atoms with E-state index in [1.165, 1.54) is 0 Å². The van der Waals surface area contributed by atoms with Gasteiger partial charge in [0.25, 0.3) is 0 Å². The Morgan fingerprint density at radius 2 is 2.04 bits per heavy atom. The molecule has 152 valence electrons. The van der Waals surface area contributed by atoms with E-state index in [0.29, 0.717) is 26.4 Å². The number of hydrogen-bond acceptors (Lipinski definition) is 5. The van der Waals surface area contributed by atoms with Crippen molar-refractivity contribution in [3.8, 4) is 0 Å². The predicted octanol–water partition coefficient (Wildman–Crippen LogP) is 1.60. The van der Waals surface area contributed by atoms with Crippen molar-refractivity contribution in [1.82, 2.24) is 15.5 Å². The molecule has 0 aliphatic carbocycles. The Balaban J connectivity index is 2.38. The molecular weight excluding hydrogens is 336 g/mol. The average molecular weight is 373 g/mol. The lowest BCUT2D eigenvalue weighted by atomic mass is 10.2. The van der Waals surface area contributed by atoms with Gasteiger partial charge >= 0.3 is 6.09 Å². The summed E-state index contributed by atoms with van der Waals surface area (Å²) in [5.74, 6) is 0.887. The van der Waals surface area contributed by atoms with Gasteiger partial charge < -0.3 is 29.7 Å². The molecule has 0 bridgehead atoms. The van der Waals surface area contributed by atoms with Crippen LogP contribution in [0.5, 0.6) is 0 Å². The number of likely N-dealkylation sites (tertiary alicyclic amines) is 1. The van der Waals surface area contributed by atoms with Gasteiger partial charge in [0.05, 0.1) is 19.3 Å². The molecule has 1 unspecified atom stereocenters. The number of guanidine groups is 1. The fraction of sp³-hybridized carbons (Fsp3) is 0.889. The fourth-order valence-corrected chi connectivity index (χ4v) is 2.57. The number of amides is 1. The number of carbonyl (C=O) groups excluding carboxylic acids is 1. The molecule has 1 aliphatic rings. The second-order valence-corrected chi connectivity index (χ2v) is 7.27. The maximum atomic E-state index is 11.9. The third kappa shape index (κ3) is 9.82. The van der Waals surface area contributed by atoms with Gasteiger partial charge in [0.1, 0.15) is 5.60 Å². The second kappa shape index (κ2) is 12.0. The molecule has 1 amide bonds. The van der Waals surface area contributed by atoms with Crippen molar-refractivity contribution in [1.29, 1.82) is 0 Å². The lowest BCUT2D eigenvalue weighted by Gasteiger charge is -2.23. The van der Waals surface area contributed by atoms with Gasteiger partial charge in [0.15, 0.2) is 5.96 Å². The number of alkyl carbamates (subject to hydrolysis) is 1. The van der Waals surface area contributed by atoms with Gasteiger partial charge in [-0.1, -0.05) is 0 Å². The van der Waals surface area contributed by atoms with Crippen LogP contribution >= 0.6 is 0 Å². The van der Waals surface area contributed by atoms with Crippen molar-refractivity contribution < 1.29 is 19.0 Å². The third-order valence-electron chi connectivity index (χ3n) is 3.68. The van der Waals surface area contributed by atoms with E-state index >= 15 is 0 Å². The molecule has 1 atom stereocenters. The summed E-state index contributed by atoms with van der Waals surface area (Å²) < 4.78 is 15.7. The molecule has 0 aromatic rings. The van der Waals surface area contributed by atoms with Crippen LogP contribution in [0.4, 0.5) is 4.79 Å². The first-order valence-corrected chi connectivity index (χ1v) is 9.45. The molecule has 0 radical (unpaired) electrons. The molecular formula is C18H36N4O4. The molecule has 2 N–H and O–H groups in total. The summed E-state index contributed by atoms with van der Waals surface area (Å²) in [7, 11) is 1.66. The smallest absolute Gasteiger partial charge is 0.407 e. The summed E-state index contributed by atoms with van der Waals surface area (Å²) in [6, 6.07) is 0.0751. The molecule has 0 aromatic carbocycles. The summed E-state index contributed by atoms with van der Waals surface area (Å²) >= 11 is 0. The van der Waals surface area contributed by atoms with Crippen LogP contribution in [0.2, 0.25) is 0 Å². The number of aliphatic imine (C=N–C) groups is 1. The SMILES string of the molecule is CCNC(=NCCCOCCOC)N1CCC(NC(=O)OC(C)(C)C)C1. The molecule has 1 rings (SSSR count). The lowest BCUT2D eigenvalue weighted by Crippen LogP contribution is -2.44. The van der Waals surface area contributed by atoms with Gasteiger partial charge in [-0.3, -0.25) is 4.99 Å². The van der Waals surface area contributed by atoms with Crippen molar-refractivity contribution in [3.05, 3.63) is 0 Å². The summed E-state index contributed by atoms with van der Waals surface area (Å²) in [5, 5.41) is 6.26. The maximum absolute atomic E-state index is 11.9. The van der Waals surface area contributed by atoms with Crippen LogP contribution in [0.1, 0.15) is 40.5 Å². The Hall–Kier alpha value is -1.54. The molecule has 1 aliphatic heterocycles. The van der Waals surface area contributed by atoms with E-state index in [4.69, 9.17) is 14.2 Å². The lowest BCUT2D eigenvalue weighted by molar-refractivity contribution is 0.0507. The van der Waals surface area contributed by atoms with Gasteiger partial charge in [-0.05, 0) is 40.5 Å². The number of methoxy groups -OCH3 is 1. The van der Waals surface area contributed by atoms with Crippen LogP contribution in [0.15, 0.2) is 4.99 Å². The van der Waals surface area contributed by atoms with Crippen molar-refractivity contribution in [2.45, 2.75) is 52.2 Å². The molecule has 1 saturated heterocycles. The number of rotatable bonds is 9. The number of nitrogens with one attached hydrogen (secondary N) is 2. The zero-order chi connectivity index (χ0) is 19.4. The van der Waals surface area contributed by atoms with Crippen molar-refractivity contribution in [3.63, 3.8) is 0 Å². The Morgan fingerprint density at radius 1 is 1.27 bits per heavy atom. The Morgan fingerprint density at radius 3 is 2.69 bits per heavy atom. The molecule has 26 heavy (non-hydrogen) atoms. The first kappa shape index (κ1) is 22.5. The summed E-state index contributed by atoms with van der Waals surface area (Å²) in [5.41, 5.74) is -0.482. The highest BCUT2D eigenvalue weighted by Gasteiger charge is 2.27. The van der Waals surface area contributed by atoms with E-state index in [9.17, 15) is 4.79 Å². The highest BCUT2D eigenvalue weighted by atomic mass is 16.6. The average Bonchev–Trinajstić information content (AvgIpc) is 2.99. The van der Waals surface area contributed by atoms with E-state index in [2.05, 4.69) is 27.4 Å². The van der Waals surface area contributed by atoms with Crippen molar-refractivity contribution in [2.24, 2.45) is 4.99 Å². The second-order valence-electron chi connectivity index (χ2n) is 7.27. The standard InChI is InChI=1S/C18H36N4O4/c1-6-19-16(20-9-7-11-25-13-12-24-5)22-10-8-15(14-22)21-17(23)26-18(2,3)4/h15H,6-14H2,1-5H3,(H,19,20)(H,21,23). The van der Waals surface area contributed by atoms with E-state index in [-0.39, 0.29) is 12.1 Å². The minimum absolute atomic E-state index is 0.0751. The first-order valence-electron chi connectivity index (χ1n) is 9.45. The van der Waals surface area contributed by atoms with E-state index in [0.717, 1.165) is 38.4 Å². The highest BCUT2D eigenvalue weighted by molar-refractivity contribution is 5.80. The number of carbonyl (C=O) groups is 1. The van der Waals surface area contributed by atoms with Crippen LogP contribution < -0.4 is 10.6 Å². The Kier molecular flexibility index (Phi) is 10.3. The van der Waals surface area contributed by atoms with Gasteiger partial charge in [-0.2, -0.15) is 0 Å². The van der Waals surface area contributed by atoms with E-state index < -0.39 is 5.60 Å². The number of hydrogen-bond donors (Lipinski definition) is 2. The van der Waals surface area contributed by atoms with Gasteiger partial charge in [-0.15, -0.1) is 0 Å². The normalized spacial score (nSPS) is 18.1. The van der Waals surface area contributed by atoms with E-state index in [1.807, 2.05) is 20.8 Å². The van der Waals surface area contributed by atoms with Crippen molar-refractivity contribution in [2.75, 3.05) is 53.1 Å². The van der Waals surface area contributed by atoms with Gasteiger partial charge in [0, 0.05) is 39.9 Å². The molecule has 1 heterocycles. The predicted molar refractivity (Wildman–Crippen MR) is 103 cm³/mol. The topological polar surface area (TPSA) is 84.4 Å². The largest absolute Gasteiger partial charge is 0.444 e. The van der Waals surface area contributed by atoms with Crippen LogP contribution in [-0.4, -0.2) is 81.7 Å². The number of nitrogens with zero attached hydrogens (tertiary/aromatic N) is 2.